The third-order valence-electron chi connectivity index (χ3n) is 3.72. The molecule has 1 fully saturated rings. The van der Waals surface area contributed by atoms with Crippen LogP contribution >= 0.6 is 11.6 Å². The van der Waals surface area contributed by atoms with Crippen LogP contribution in [0.2, 0.25) is 5.02 Å². The van der Waals surface area contributed by atoms with E-state index in [0.29, 0.717) is 34.8 Å². The van der Waals surface area contributed by atoms with E-state index >= 15 is 0 Å². The number of anilines is 2. The molecule has 4 nitrogen and oxygen atoms in total. The molecule has 1 amide bonds. The Labute approximate surface area is 118 Å². The van der Waals surface area contributed by atoms with Crippen LogP contribution < -0.4 is 11.1 Å². The number of carbonyl (C=O) groups excluding carboxylic acids is 1. The third kappa shape index (κ3) is 3.61. The highest BCUT2D eigenvalue weighted by molar-refractivity contribution is 6.31. The van der Waals surface area contributed by atoms with Crippen LogP contribution in [0.1, 0.15) is 13.8 Å². The zero-order chi connectivity index (χ0) is 14.0. The third-order valence-corrected chi connectivity index (χ3v) is 3.95. The van der Waals surface area contributed by atoms with Crippen LogP contribution in [-0.2, 0) is 4.79 Å². The van der Waals surface area contributed by atoms with Crippen molar-refractivity contribution in [1.82, 2.24) is 4.90 Å². The fourth-order valence-corrected chi connectivity index (χ4v) is 2.60. The fourth-order valence-electron chi connectivity index (χ4n) is 2.42. The fraction of sp³-hybridized carbons (Fsp3) is 0.500. The summed E-state index contributed by atoms with van der Waals surface area (Å²) in [6, 6.07) is 5.08. The van der Waals surface area contributed by atoms with Crippen molar-refractivity contribution in [3.8, 4) is 0 Å². The summed E-state index contributed by atoms with van der Waals surface area (Å²) < 4.78 is 0. The van der Waals surface area contributed by atoms with Crippen LogP contribution in [0.25, 0.3) is 0 Å². The molecule has 2 rings (SSSR count). The number of hydrogen-bond donors (Lipinski definition) is 2. The molecule has 2 unspecified atom stereocenters. The van der Waals surface area contributed by atoms with Crippen LogP contribution in [0.5, 0.6) is 0 Å². The van der Waals surface area contributed by atoms with Crippen LogP contribution in [0.4, 0.5) is 11.4 Å². The van der Waals surface area contributed by atoms with Gasteiger partial charge >= 0.3 is 0 Å². The summed E-state index contributed by atoms with van der Waals surface area (Å²) in [5, 5.41) is 3.40. The Hall–Kier alpha value is -1.26. The van der Waals surface area contributed by atoms with Gasteiger partial charge in [-0.25, -0.2) is 0 Å². The zero-order valence-corrected chi connectivity index (χ0v) is 12.1. The largest absolute Gasteiger partial charge is 0.397 e. The molecule has 1 saturated heterocycles. The molecule has 3 N–H and O–H groups in total. The highest BCUT2D eigenvalue weighted by atomic mass is 35.5. The summed E-state index contributed by atoms with van der Waals surface area (Å²) in [4.78, 5) is 14.2. The highest BCUT2D eigenvalue weighted by Crippen LogP contribution is 2.24. The first-order chi connectivity index (χ1) is 8.95. The Morgan fingerprint density at radius 1 is 1.42 bits per heavy atom. The van der Waals surface area contributed by atoms with Crippen molar-refractivity contribution in [1.29, 1.82) is 0 Å². The molecule has 0 spiro atoms. The molecule has 1 aromatic rings. The molecule has 0 bridgehead atoms. The van der Waals surface area contributed by atoms with Crippen LogP contribution in [0, 0.1) is 11.8 Å². The number of nitrogens with zero attached hydrogens (tertiary/aromatic N) is 1. The highest BCUT2D eigenvalue weighted by Gasteiger charge is 2.27. The van der Waals surface area contributed by atoms with Gasteiger partial charge in [0.2, 0.25) is 5.91 Å². The van der Waals surface area contributed by atoms with Crippen molar-refractivity contribution in [3.63, 3.8) is 0 Å². The number of nitrogens with one attached hydrogen (secondary N) is 1. The Morgan fingerprint density at radius 2 is 2.05 bits per heavy atom. The number of rotatable bonds is 3. The summed E-state index contributed by atoms with van der Waals surface area (Å²) in [5.41, 5.74) is 6.92. The lowest BCUT2D eigenvalue weighted by Crippen LogP contribution is -2.31. The minimum atomic E-state index is -0.0321. The topological polar surface area (TPSA) is 58.4 Å². The van der Waals surface area contributed by atoms with Crippen LogP contribution in [-0.4, -0.2) is 30.4 Å². The number of nitrogen functional groups attached to an aromatic ring is 1. The number of likely N-dealkylation sites (tertiary alicyclic amines) is 1. The average molecular weight is 282 g/mol. The molecular formula is C14H20ClN3O. The first-order valence-corrected chi connectivity index (χ1v) is 6.90. The summed E-state index contributed by atoms with van der Waals surface area (Å²) >= 11 is 5.82. The predicted molar refractivity (Wildman–Crippen MR) is 79.3 cm³/mol. The van der Waals surface area contributed by atoms with Gasteiger partial charge in [-0.05, 0) is 30.0 Å². The lowest BCUT2D eigenvalue weighted by molar-refractivity contribution is -0.117. The molecule has 104 valence electrons. The smallest absolute Gasteiger partial charge is 0.238 e. The molecule has 2 atom stereocenters. The first kappa shape index (κ1) is 14.2. The zero-order valence-electron chi connectivity index (χ0n) is 11.3. The van der Waals surface area contributed by atoms with E-state index in [1.807, 2.05) is 0 Å². The Kier molecular flexibility index (Phi) is 4.32. The van der Waals surface area contributed by atoms with E-state index in [-0.39, 0.29) is 5.91 Å². The average Bonchev–Trinajstić information content (AvgIpc) is 2.62. The molecular weight excluding hydrogens is 262 g/mol. The second-order valence-corrected chi connectivity index (χ2v) is 5.86. The number of hydrogen-bond acceptors (Lipinski definition) is 3. The molecule has 1 heterocycles. The molecule has 0 aromatic heterocycles. The standard InChI is InChI=1S/C14H20ClN3O/c1-9-6-18(7-10(9)2)8-14(19)17-13-4-3-11(15)5-12(13)16/h3-5,9-10H,6-8,16H2,1-2H3,(H,17,19). The van der Waals surface area contributed by atoms with Gasteiger partial charge < -0.3 is 11.1 Å². The van der Waals surface area contributed by atoms with Gasteiger partial charge in [-0.1, -0.05) is 25.4 Å². The van der Waals surface area contributed by atoms with E-state index in [9.17, 15) is 4.79 Å². The van der Waals surface area contributed by atoms with E-state index in [2.05, 4.69) is 24.1 Å². The van der Waals surface area contributed by atoms with Crippen molar-refractivity contribution >= 4 is 28.9 Å². The van der Waals surface area contributed by atoms with Gasteiger partial charge in [0.1, 0.15) is 0 Å². The summed E-state index contributed by atoms with van der Waals surface area (Å²) in [6.07, 6.45) is 0. The van der Waals surface area contributed by atoms with Crippen molar-refractivity contribution in [3.05, 3.63) is 23.2 Å². The minimum Gasteiger partial charge on any atom is -0.397 e. The number of benzene rings is 1. The second kappa shape index (κ2) is 5.80. The van der Waals surface area contributed by atoms with Crippen molar-refractivity contribution < 1.29 is 4.79 Å². The molecule has 0 saturated carbocycles. The minimum absolute atomic E-state index is 0.0321. The number of nitrogens with two attached hydrogens (primary N) is 1. The Balaban J connectivity index is 1.91. The molecule has 0 aliphatic carbocycles. The van der Waals surface area contributed by atoms with Gasteiger partial charge in [-0.3, -0.25) is 9.69 Å². The Morgan fingerprint density at radius 3 is 2.63 bits per heavy atom. The SMILES string of the molecule is CC1CN(CC(=O)Nc2ccc(Cl)cc2N)CC1C. The molecule has 5 heteroatoms. The summed E-state index contributed by atoms with van der Waals surface area (Å²) in [6.45, 7) is 6.81. The molecule has 1 aliphatic rings. The van der Waals surface area contributed by atoms with Gasteiger partial charge in [0.15, 0.2) is 0 Å². The monoisotopic (exact) mass is 281 g/mol. The van der Waals surface area contributed by atoms with Crippen molar-refractivity contribution in [2.24, 2.45) is 11.8 Å². The van der Waals surface area contributed by atoms with Gasteiger partial charge in [0.25, 0.3) is 0 Å². The predicted octanol–water partition coefficient (Wildman–Crippen LogP) is 2.45. The van der Waals surface area contributed by atoms with E-state index in [0.717, 1.165) is 13.1 Å². The number of carbonyl (C=O) groups is 1. The maximum atomic E-state index is 12.0. The van der Waals surface area contributed by atoms with Gasteiger partial charge in [0, 0.05) is 18.1 Å². The number of amides is 1. The maximum absolute atomic E-state index is 12.0. The van der Waals surface area contributed by atoms with E-state index in [1.54, 1.807) is 18.2 Å². The summed E-state index contributed by atoms with van der Waals surface area (Å²) in [7, 11) is 0. The molecule has 0 radical (unpaired) electrons. The number of halogens is 1. The molecule has 1 aliphatic heterocycles. The van der Waals surface area contributed by atoms with Crippen molar-refractivity contribution in [2.75, 3.05) is 30.7 Å². The summed E-state index contributed by atoms with van der Waals surface area (Å²) in [5.74, 6) is 1.26. The van der Waals surface area contributed by atoms with Crippen LogP contribution in [0.3, 0.4) is 0 Å². The van der Waals surface area contributed by atoms with E-state index in [1.165, 1.54) is 0 Å². The molecule has 19 heavy (non-hydrogen) atoms. The lowest BCUT2D eigenvalue weighted by Gasteiger charge is -2.15. The Bertz CT molecular complexity index is 468. The molecule has 1 aromatic carbocycles. The lowest BCUT2D eigenvalue weighted by atomic mass is 10.0. The van der Waals surface area contributed by atoms with Gasteiger partial charge in [0.05, 0.1) is 17.9 Å². The van der Waals surface area contributed by atoms with Crippen LogP contribution in [0.15, 0.2) is 18.2 Å². The first-order valence-electron chi connectivity index (χ1n) is 6.53. The van der Waals surface area contributed by atoms with Gasteiger partial charge in [-0.2, -0.15) is 0 Å². The maximum Gasteiger partial charge on any atom is 0.238 e. The second-order valence-electron chi connectivity index (χ2n) is 5.43. The normalized spacial score (nSPS) is 23.5. The van der Waals surface area contributed by atoms with Gasteiger partial charge in [-0.15, -0.1) is 0 Å². The van der Waals surface area contributed by atoms with E-state index in [4.69, 9.17) is 17.3 Å². The van der Waals surface area contributed by atoms with E-state index < -0.39 is 0 Å². The quantitative estimate of drug-likeness (QED) is 0.837. The van der Waals surface area contributed by atoms with Crippen molar-refractivity contribution in [2.45, 2.75) is 13.8 Å².